The summed E-state index contributed by atoms with van der Waals surface area (Å²) in [6, 6.07) is 13.2. The van der Waals surface area contributed by atoms with Crippen LogP contribution in [0.1, 0.15) is 13.3 Å². The maximum absolute atomic E-state index is 4.77. The number of rotatable bonds is 3. The molecule has 4 nitrogen and oxygen atoms in total. The predicted octanol–water partition coefficient (Wildman–Crippen LogP) is 2.67. The molecular formula is C17H22N4. The Morgan fingerprint density at radius 1 is 1.14 bits per heavy atom. The molecule has 21 heavy (non-hydrogen) atoms. The lowest BCUT2D eigenvalue weighted by atomic mass is 10.1. The summed E-state index contributed by atoms with van der Waals surface area (Å²) < 4.78 is 0. The average Bonchev–Trinajstić information content (AvgIpc) is 2.90. The fraction of sp³-hybridized carbons (Fsp3) is 0.412. The largest absolute Gasteiger partial charge is 0.352 e. The second kappa shape index (κ2) is 5.82. The highest BCUT2D eigenvalue weighted by atomic mass is 15.3. The summed E-state index contributed by atoms with van der Waals surface area (Å²) in [7, 11) is 4.31. The minimum absolute atomic E-state index is 0.471. The molecule has 4 heteroatoms. The van der Waals surface area contributed by atoms with Gasteiger partial charge in [-0.05, 0) is 33.5 Å². The van der Waals surface area contributed by atoms with Gasteiger partial charge in [0, 0.05) is 30.4 Å². The summed E-state index contributed by atoms with van der Waals surface area (Å²) in [4.78, 5) is 13.9. The third kappa shape index (κ3) is 2.76. The second-order valence-corrected chi connectivity index (χ2v) is 5.86. The van der Waals surface area contributed by atoms with Gasteiger partial charge in [-0.1, -0.05) is 30.3 Å². The van der Waals surface area contributed by atoms with Crippen molar-refractivity contribution in [2.24, 2.45) is 0 Å². The van der Waals surface area contributed by atoms with Gasteiger partial charge < -0.3 is 9.80 Å². The summed E-state index contributed by atoms with van der Waals surface area (Å²) in [5.41, 5.74) is 1.07. The van der Waals surface area contributed by atoms with Crippen LogP contribution in [0.3, 0.4) is 0 Å². The van der Waals surface area contributed by atoms with Crippen LogP contribution in [0.5, 0.6) is 0 Å². The van der Waals surface area contributed by atoms with E-state index in [1.54, 1.807) is 0 Å². The van der Waals surface area contributed by atoms with E-state index in [0.29, 0.717) is 12.1 Å². The van der Waals surface area contributed by atoms with Crippen LogP contribution in [0.4, 0.5) is 5.82 Å². The molecule has 1 aliphatic rings. The van der Waals surface area contributed by atoms with Crippen LogP contribution in [0, 0.1) is 0 Å². The quantitative estimate of drug-likeness (QED) is 0.866. The molecule has 1 fully saturated rings. The number of aromatic nitrogens is 2. The van der Waals surface area contributed by atoms with Gasteiger partial charge in [0.15, 0.2) is 5.82 Å². The summed E-state index contributed by atoms with van der Waals surface area (Å²) in [6.45, 7) is 3.33. The Kier molecular flexibility index (Phi) is 3.88. The Balaban J connectivity index is 1.87. The molecule has 110 valence electrons. The molecule has 1 saturated heterocycles. The molecular weight excluding hydrogens is 260 g/mol. The third-order valence-corrected chi connectivity index (χ3v) is 4.34. The zero-order chi connectivity index (χ0) is 14.8. The first-order valence-electron chi connectivity index (χ1n) is 7.48. The van der Waals surface area contributed by atoms with E-state index in [0.717, 1.165) is 23.8 Å². The van der Waals surface area contributed by atoms with Gasteiger partial charge in [0.05, 0.1) is 0 Å². The standard InChI is InChI=1S/C17H22N4/c1-13-15(20(2)3)10-12-21(13)16-9-11-18-17(19-16)14-7-5-4-6-8-14/h4-9,11,13,15H,10,12H2,1-3H3/t13-,15+/m1/s1. The van der Waals surface area contributed by atoms with Gasteiger partial charge in [-0.25, -0.2) is 9.97 Å². The Labute approximate surface area is 126 Å². The van der Waals surface area contributed by atoms with E-state index in [-0.39, 0.29) is 0 Å². The molecule has 0 saturated carbocycles. The zero-order valence-corrected chi connectivity index (χ0v) is 12.9. The van der Waals surface area contributed by atoms with Crippen molar-refractivity contribution in [1.82, 2.24) is 14.9 Å². The molecule has 0 unspecified atom stereocenters. The van der Waals surface area contributed by atoms with Gasteiger partial charge in [-0.2, -0.15) is 0 Å². The molecule has 2 atom stereocenters. The Bertz CT molecular complexity index is 597. The molecule has 1 aromatic carbocycles. The maximum Gasteiger partial charge on any atom is 0.161 e. The summed E-state index contributed by atoms with van der Waals surface area (Å²) >= 11 is 0. The Morgan fingerprint density at radius 2 is 1.90 bits per heavy atom. The molecule has 0 aliphatic carbocycles. The fourth-order valence-electron chi connectivity index (χ4n) is 3.17. The minimum Gasteiger partial charge on any atom is -0.352 e. The number of hydrogen-bond donors (Lipinski definition) is 0. The van der Waals surface area contributed by atoms with E-state index in [2.05, 4.69) is 47.9 Å². The zero-order valence-electron chi connectivity index (χ0n) is 12.9. The van der Waals surface area contributed by atoms with Crippen molar-refractivity contribution in [2.45, 2.75) is 25.4 Å². The van der Waals surface area contributed by atoms with Gasteiger partial charge in [0.1, 0.15) is 5.82 Å². The first-order valence-corrected chi connectivity index (χ1v) is 7.48. The smallest absolute Gasteiger partial charge is 0.161 e. The topological polar surface area (TPSA) is 32.3 Å². The number of likely N-dealkylation sites (N-methyl/N-ethyl adjacent to an activating group) is 1. The highest BCUT2D eigenvalue weighted by Gasteiger charge is 2.32. The van der Waals surface area contributed by atoms with Crippen molar-refractivity contribution in [1.29, 1.82) is 0 Å². The van der Waals surface area contributed by atoms with Crippen molar-refractivity contribution in [3.05, 3.63) is 42.6 Å². The van der Waals surface area contributed by atoms with E-state index in [1.807, 2.05) is 30.5 Å². The van der Waals surface area contributed by atoms with Crippen LogP contribution in [-0.4, -0.2) is 47.6 Å². The summed E-state index contributed by atoms with van der Waals surface area (Å²) in [5.74, 6) is 1.83. The van der Waals surface area contributed by atoms with Gasteiger partial charge in [-0.15, -0.1) is 0 Å². The number of hydrogen-bond acceptors (Lipinski definition) is 4. The molecule has 0 amide bonds. The van der Waals surface area contributed by atoms with E-state index in [4.69, 9.17) is 4.98 Å². The minimum atomic E-state index is 0.471. The lowest BCUT2D eigenvalue weighted by Gasteiger charge is -2.29. The summed E-state index contributed by atoms with van der Waals surface area (Å²) in [6.07, 6.45) is 3.04. The average molecular weight is 282 g/mol. The van der Waals surface area contributed by atoms with E-state index >= 15 is 0 Å². The van der Waals surface area contributed by atoms with E-state index in [1.165, 1.54) is 6.42 Å². The van der Waals surface area contributed by atoms with Crippen LogP contribution in [0.25, 0.3) is 11.4 Å². The van der Waals surface area contributed by atoms with Gasteiger partial charge in [-0.3, -0.25) is 0 Å². The van der Waals surface area contributed by atoms with E-state index < -0.39 is 0 Å². The van der Waals surface area contributed by atoms with Crippen LogP contribution >= 0.6 is 0 Å². The van der Waals surface area contributed by atoms with Crippen molar-refractivity contribution in [3.63, 3.8) is 0 Å². The van der Waals surface area contributed by atoms with Crippen LogP contribution in [0.15, 0.2) is 42.6 Å². The van der Waals surface area contributed by atoms with Crippen molar-refractivity contribution >= 4 is 5.82 Å². The predicted molar refractivity (Wildman–Crippen MR) is 86.4 cm³/mol. The maximum atomic E-state index is 4.77. The third-order valence-electron chi connectivity index (χ3n) is 4.34. The molecule has 1 aliphatic heterocycles. The normalized spacial score (nSPS) is 22.0. The molecule has 1 aromatic heterocycles. The molecule has 0 radical (unpaired) electrons. The van der Waals surface area contributed by atoms with Crippen LogP contribution in [-0.2, 0) is 0 Å². The molecule has 0 bridgehead atoms. The second-order valence-electron chi connectivity index (χ2n) is 5.86. The fourth-order valence-corrected chi connectivity index (χ4v) is 3.17. The summed E-state index contributed by atoms with van der Waals surface area (Å²) in [5, 5.41) is 0. The number of anilines is 1. The Morgan fingerprint density at radius 3 is 2.57 bits per heavy atom. The van der Waals surface area contributed by atoms with Gasteiger partial charge in [0.2, 0.25) is 0 Å². The lowest BCUT2D eigenvalue weighted by Crippen LogP contribution is -2.40. The number of benzene rings is 1. The molecule has 3 rings (SSSR count). The van der Waals surface area contributed by atoms with Crippen molar-refractivity contribution in [2.75, 3.05) is 25.5 Å². The Hall–Kier alpha value is -1.94. The SMILES string of the molecule is C[C@@H]1[C@@H](N(C)C)CCN1c1ccnc(-c2ccccc2)n1. The van der Waals surface area contributed by atoms with Crippen LogP contribution in [0.2, 0.25) is 0 Å². The van der Waals surface area contributed by atoms with E-state index in [9.17, 15) is 0 Å². The highest BCUT2D eigenvalue weighted by Crippen LogP contribution is 2.27. The van der Waals surface area contributed by atoms with Crippen molar-refractivity contribution in [3.8, 4) is 11.4 Å². The highest BCUT2D eigenvalue weighted by molar-refractivity contribution is 5.57. The first-order chi connectivity index (χ1) is 10.2. The lowest BCUT2D eigenvalue weighted by molar-refractivity contribution is 0.282. The molecule has 0 spiro atoms. The van der Waals surface area contributed by atoms with Gasteiger partial charge in [0.25, 0.3) is 0 Å². The monoisotopic (exact) mass is 282 g/mol. The van der Waals surface area contributed by atoms with Crippen molar-refractivity contribution < 1.29 is 0 Å². The molecule has 2 aromatic rings. The van der Waals surface area contributed by atoms with Crippen LogP contribution < -0.4 is 4.90 Å². The molecule has 2 heterocycles. The van der Waals surface area contributed by atoms with Gasteiger partial charge >= 0.3 is 0 Å². The first kappa shape index (κ1) is 14.0. The number of nitrogens with zero attached hydrogens (tertiary/aromatic N) is 4. The molecule has 0 N–H and O–H groups in total.